The lowest BCUT2D eigenvalue weighted by Gasteiger charge is -2.15. The second-order valence-corrected chi connectivity index (χ2v) is 3.29. The molecule has 12 heavy (non-hydrogen) atoms. The Balaban J connectivity index is 2.34. The van der Waals surface area contributed by atoms with Crippen molar-refractivity contribution in [1.82, 2.24) is 5.32 Å². The van der Waals surface area contributed by atoms with Gasteiger partial charge in [-0.1, -0.05) is 6.92 Å². The molecule has 0 aliphatic carbocycles. The van der Waals surface area contributed by atoms with E-state index in [9.17, 15) is 4.79 Å². The summed E-state index contributed by atoms with van der Waals surface area (Å²) in [5.41, 5.74) is 0. The minimum absolute atomic E-state index is 0.0498. The van der Waals surface area contributed by atoms with E-state index >= 15 is 0 Å². The molecule has 1 heterocycles. The summed E-state index contributed by atoms with van der Waals surface area (Å²) >= 11 is 0. The van der Waals surface area contributed by atoms with Crippen LogP contribution in [0, 0.1) is 11.8 Å². The van der Waals surface area contributed by atoms with Crippen LogP contribution < -0.4 is 5.32 Å². The SMILES string of the molecule is CCOC(=O)C(C)C1CCNC1. The van der Waals surface area contributed by atoms with Gasteiger partial charge in [-0.2, -0.15) is 0 Å². The van der Waals surface area contributed by atoms with Crippen LogP contribution in [-0.4, -0.2) is 25.7 Å². The van der Waals surface area contributed by atoms with Crippen LogP contribution in [0.3, 0.4) is 0 Å². The molecule has 0 bridgehead atoms. The van der Waals surface area contributed by atoms with Crippen molar-refractivity contribution in [3.63, 3.8) is 0 Å². The molecular formula is C9H17NO2. The van der Waals surface area contributed by atoms with Crippen molar-refractivity contribution in [3.05, 3.63) is 0 Å². The van der Waals surface area contributed by atoms with E-state index in [4.69, 9.17) is 4.74 Å². The summed E-state index contributed by atoms with van der Waals surface area (Å²) in [5, 5.41) is 3.24. The lowest BCUT2D eigenvalue weighted by molar-refractivity contribution is -0.149. The van der Waals surface area contributed by atoms with Crippen LogP contribution in [-0.2, 0) is 9.53 Å². The fourth-order valence-corrected chi connectivity index (χ4v) is 1.57. The highest BCUT2D eigenvalue weighted by Crippen LogP contribution is 2.19. The molecular weight excluding hydrogens is 154 g/mol. The summed E-state index contributed by atoms with van der Waals surface area (Å²) in [4.78, 5) is 11.3. The molecule has 1 aliphatic rings. The van der Waals surface area contributed by atoms with Crippen LogP contribution in [0.25, 0.3) is 0 Å². The van der Waals surface area contributed by atoms with Gasteiger partial charge in [0.15, 0.2) is 0 Å². The number of hydrogen-bond donors (Lipinski definition) is 1. The van der Waals surface area contributed by atoms with E-state index in [0.717, 1.165) is 19.5 Å². The topological polar surface area (TPSA) is 38.3 Å². The van der Waals surface area contributed by atoms with E-state index in [2.05, 4.69) is 5.32 Å². The van der Waals surface area contributed by atoms with Crippen molar-refractivity contribution in [2.45, 2.75) is 20.3 Å². The second-order valence-electron chi connectivity index (χ2n) is 3.29. The molecule has 2 atom stereocenters. The van der Waals surface area contributed by atoms with Gasteiger partial charge in [0, 0.05) is 0 Å². The van der Waals surface area contributed by atoms with Crippen LogP contribution in [0.4, 0.5) is 0 Å². The highest BCUT2D eigenvalue weighted by atomic mass is 16.5. The minimum Gasteiger partial charge on any atom is -0.466 e. The van der Waals surface area contributed by atoms with Gasteiger partial charge in [0.1, 0.15) is 0 Å². The Morgan fingerprint density at radius 3 is 3.00 bits per heavy atom. The van der Waals surface area contributed by atoms with Gasteiger partial charge in [-0.3, -0.25) is 4.79 Å². The molecule has 0 radical (unpaired) electrons. The highest BCUT2D eigenvalue weighted by Gasteiger charge is 2.27. The molecule has 1 rings (SSSR count). The molecule has 0 aromatic heterocycles. The molecule has 1 aliphatic heterocycles. The number of rotatable bonds is 3. The number of nitrogens with one attached hydrogen (secondary N) is 1. The summed E-state index contributed by atoms with van der Waals surface area (Å²) < 4.78 is 4.95. The lowest BCUT2D eigenvalue weighted by Crippen LogP contribution is -2.24. The fraction of sp³-hybridized carbons (Fsp3) is 0.889. The zero-order valence-corrected chi connectivity index (χ0v) is 7.80. The third-order valence-corrected chi connectivity index (χ3v) is 2.46. The maximum Gasteiger partial charge on any atom is 0.308 e. The lowest BCUT2D eigenvalue weighted by atomic mass is 9.93. The van der Waals surface area contributed by atoms with E-state index in [1.165, 1.54) is 0 Å². The molecule has 0 spiro atoms. The van der Waals surface area contributed by atoms with Gasteiger partial charge < -0.3 is 10.1 Å². The Labute approximate surface area is 73.5 Å². The highest BCUT2D eigenvalue weighted by molar-refractivity contribution is 5.72. The van der Waals surface area contributed by atoms with Gasteiger partial charge in [0.2, 0.25) is 0 Å². The van der Waals surface area contributed by atoms with Crippen molar-refractivity contribution in [1.29, 1.82) is 0 Å². The predicted molar refractivity (Wildman–Crippen MR) is 46.8 cm³/mol. The third-order valence-electron chi connectivity index (χ3n) is 2.46. The normalized spacial score (nSPS) is 25.3. The molecule has 0 saturated carbocycles. The minimum atomic E-state index is -0.0498. The van der Waals surface area contributed by atoms with Gasteiger partial charge in [-0.05, 0) is 32.4 Å². The number of carbonyl (C=O) groups is 1. The van der Waals surface area contributed by atoms with Crippen molar-refractivity contribution < 1.29 is 9.53 Å². The smallest absolute Gasteiger partial charge is 0.308 e. The summed E-state index contributed by atoms with van der Waals surface area (Å²) in [6, 6.07) is 0. The first-order valence-corrected chi connectivity index (χ1v) is 4.63. The van der Waals surface area contributed by atoms with E-state index in [0.29, 0.717) is 12.5 Å². The van der Waals surface area contributed by atoms with E-state index in [1.54, 1.807) is 0 Å². The number of ether oxygens (including phenoxy) is 1. The van der Waals surface area contributed by atoms with Crippen molar-refractivity contribution >= 4 is 5.97 Å². The molecule has 1 saturated heterocycles. The van der Waals surface area contributed by atoms with Crippen LogP contribution in [0.2, 0.25) is 0 Å². The van der Waals surface area contributed by atoms with Crippen molar-refractivity contribution in [3.8, 4) is 0 Å². The maximum atomic E-state index is 11.3. The molecule has 70 valence electrons. The van der Waals surface area contributed by atoms with Crippen LogP contribution in [0.1, 0.15) is 20.3 Å². The van der Waals surface area contributed by atoms with Gasteiger partial charge in [-0.25, -0.2) is 0 Å². The largest absolute Gasteiger partial charge is 0.466 e. The average Bonchev–Trinajstić information content (AvgIpc) is 2.55. The van der Waals surface area contributed by atoms with E-state index in [-0.39, 0.29) is 11.9 Å². The summed E-state index contributed by atoms with van der Waals surface area (Å²) in [6.45, 7) is 6.28. The zero-order chi connectivity index (χ0) is 8.97. The van der Waals surface area contributed by atoms with Crippen LogP contribution in [0.15, 0.2) is 0 Å². The second kappa shape index (κ2) is 4.45. The predicted octanol–water partition coefficient (Wildman–Crippen LogP) is 0.795. The summed E-state index contributed by atoms with van der Waals surface area (Å²) in [7, 11) is 0. The Kier molecular flexibility index (Phi) is 3.53. The zero-order valence-electron chi connectivity index (χ0n) is 7.80. The molecule has 0 aromatic carbocycles. The molecule has 3 nitrogen and oxygen atoms in total. The Morgan fingerprint density at radius 2 is 2.50 bits per heavy atom. The first-order chi connectivity index (χ1) is 5.75. The third kappa shape index (κ3) is 2.21. The van der Waals surface area contributed by atoms with Crippen LogP contribution in [0.5, 0.6) is 0 Å². The summed E-state index contributed by atoms with van der Waals surface area (Å²) in [6.07, 6.45) is 1.10. The van der Waals surface area contributed by atoms with Gasteiger partial charge >= 0.3 is 5.97 Å². The number of hydrogen-bond acceptors (Lipinski definition) is 3. The number of carbonyl (C=O) groups excluding carboxylic acids is 1. The molecule has 1 N–H and O–H groups in total. The monoisotopic (exact) mass is 171 g/mol. The van der Waals surface area contributed by atoms with E-state index in [1.807, 2.05) is 13.8 Å². The molecule has 0 aromatic rings. The summed E-state index contributed by atoms with van der Waals surface area (Å²) in [5.74, 6) is 0.482. The Bertz CT molecular complexity index is 153. The molecule has 2 unspecified atom stereocenters. The van der Waals surface area contributed by atoms with Crippen LogP contribution >= 0.6 is 0 Å². The van der Waals surface area contributed by atoms with Crippen molar-refractivity contribution in [2.75, 3.05) is 19.7 Å². The van der Waals surface area contributed by atoms with Gasteiger partial charge in [-0.15, -0.1) is 0 Å². The first kappa shape index (κ1) is 9.52. The average molecular weight is 171 g/mol. The Hall–Kier alpha value is -0.570. The first-order valence-electron chi connectivity index (χ1n) is 4.63. The molecule has 1 fully saturated rings. The fourth-order valence-electron chi connectivity index (χ4n) is 1.57. The van der Waals surface area contributed by atoms with Crippen molar-refractivity contribution in [2.24, 2.45) is 11.8 Å². The van der Waals surface area contributed by atoms with Gasteiger partial charge in [0.05, 0.1) is 12.5 Å². The number of esters is 1. The molecule has 3 heteroatoms. The maximum absolute atomic E-state index is 11.3. The Morgan fingerprint density at radius 1 is 1.75 bits per heavy atom. The standard InChI is InChI=1S/C9H17NO2/c1-3-12-9(11)7(2)8-4-5-10-6-8/h7-8,10H,3-6H2,1-2H3. The quantitative estimate of drug-likeness (QED) is 0.638. The van der Waals surface area contributed by atoms with E-state index < -0.39 is 0 Å². The van der Waals surface area contributed by atoms with Gasteiger partial charge in [0.25, 0.3) is 0 Å². The molecule has 0 amide bonds.